The van der Waals surface area contributed by atoms with Gasteiger partial charge >= 0.3 is 0 Å². The predicted molar refractivity (Wildman–Crippen MR) is 132 cm³/mol. The molecular weight excluding hydrogens is 474 g/mol. The molecule has 3 aromatic carbocycles. The van der Waals surface area contributed by atoms with Crippen molar-refractivity contribution in [1.29, 1.82) is 0 Å². The molecule has 0 spiro atoms. The molecule has 3 aromatic rings. The molecule has 0 aliphatic heterocycles. The van der Waals surface area contributed by atoms with Crippen LogP contribution in [0, 0.1) is 11.6 Å². The van der Waals surface area contributed by atoms with Crippen LogP contribution in [0.1, 0.15) is 30.5 Å². The first-order valence-corrected chi connectivity index (χ1v) is 11.5. The zero-order chi connectivity index (χ0) is 26.3. The molecule has 0 aromatic heterocycles. The number of ether oxygens (including phenoxy) is 3. The highest BCUT2D eigenvalue weighted by Crippen LogP contribution is 2.33. The largest absolute Gasteiger partial charge is 0.497 e. The summed E-state index contributed by atoms with van der Waals surface area (Å²) in [6, 6.07) is 17.4. The third kappa shape index (κ3) is 7.13. The maximum Gasteiger partial charge on any atom is 0.261 e. The number of hydrogen-bond donors (Lipinski definition) is 0. The van der Waals surface area contributed by atoms with Crippen LogP contribution in [0.3, 0.4) is 0 Å². The summed E-state index contributed by atoms with van der Waals surface area (Å²) in [5, 5.41) is 0. The van der Waals surface area contributed by atoms with Gasteiger partial charge in [0.15, 0.2) is 0 Å². The van der Waals surface area contributed by atoms with Gasteiger partial charge in [0.25, 0.3) is 6.43 Å². The first kappa shape index (κ1) is 27.3. The quantitative estimate of drug-likeness (QED) is 0.255. The van der Waals surface area contributed by atoms with Gasteiger partial charge in [0.2, 0.25) is 0 Å². The minimum Gasteiger partial charge on any atom is -0.497 e. The highest BCUT2D eigenvalue weighted by Gasteiger charge is 2.30. The van der Waals surface area contributed by atoms with Crippen molar-refractivity contribution in [2.75, 3.05) is 32.3 Å². The number of benzene rings is 3. The molecule has 8 heteroatoms. The van der Waals surface area contributed by atoms with Crippen molar-refractivity contribution in [2.45, 2.75) is 38.8 Å². The van der Waals surface area contributed by atoms with Crippen LogP contribution in [0.15, 0.2) is 60.7 Å². The molecule has 36 heavy (non-hydrogen) atoms. The second-order valence-corrected chi connectivity index (χ2v) is 9.13. The fourth-order valence-electron chi connectivity index (χ4n) is 4.01. The standard InChI is InChI=1S/C28H31F4NO3/c1-28(2,18-36-17-26(31)32)27-24(29)13-21(14-25(27)30)33(15-19-5-9-22(34-3)10-6-19)16-20-7-11-23(35-4)12-8-20/h5-14,26H,15-18H2,1-4H3. The van der Waals surface area contributed by atoms with Crippen molar-refractivity contribution in [3.63, 3.8) is 0 Å². The number of rotatable bonds is 12. The number of nitrogens with zero attached hydrogens (tertiary/aromatic N) is 1. The predicted octanol–water partition coefficient (Wildman–Crippen LogP) is 6.75. The molecule has 0 radical (unpaired) electrons. The summed E-state index contributed by atoms with van der Waals surface area (Å²) in [5.41, 5.74) is 0.863. The maximum atomic E-state index is 15.3. The second kappa shape index (κ2) is 12.1. The van der Waals surface area contributed by atoms with Gasteiger partial charge in [-0.15, -0.1) is 0 Å². The zero-order valence-corrected chi connectivity index (χ0v) is 20.9. The van der Waals surface area contributed by atoms with Crippen molar-refractivity contribution in [1.82, 2.24) is 0 Å². The maximum absolute atomic E-state index is 15.3. The Hall–Kier alpha value is -3.26. The van der Waals surface area contributed by atoms with Crippen molar-refractivity contribution in [3.05, 3.63) is 89.0 Å². The molecule has 0 N–H and O–H groups in total. The van der Waals surface area contributed by atoms with E-state index in [-0.39, 0.29) is 12.2 Å². The molecule has 0 aliphatic rings. The van der Waals surface area contributed by atoms with Gasteiger partial charge in [-0.2, -0.15) is 0 Å². The van der Waals surface area contributed by atoms with Crippen LogP contribution in [-0.4, -0.2) is 33.9 Å². The summed E-state index contributed by atoms with van der Waals surface area (Å²) in [4.78, 5) is 1.86. The topological polar surface area (TPSA) is 30.9 Å². The lowest BCUT2D eigenvalue weighted by Gasteiger charge is -2.29. The van der Waals surface area contributed by atoms with Crippen LogP contribution in [0.25, 0.3) is 0 Å². The molecule has 0 bridgehead atoms. The van der Waals surface area contributed by atoms with Gasteiger partial charge in [-0.3, -0.25) is 0 Å². The molecule has 0 heterocycles. The highest BCUT2D eigenvalue weighted by molar-refractivity contribution is 5.51. The van der Waals surface area contributed by atoms with Crippen LogP contribution in [0.4, 0.5) is 23.2 Å². The van der Waals surface area contributed by atoms with E-state index in [9.17, 15) is 8.78 Å². The van der Waals surface area contributed by atoms with Crippen molar-refractivity contribution < 1.29 is 31.8 Å². The Labute approximate surface area is 209 Å². The Bertz CT molecular complexity index is 1050. The van der Waals surface area contributed by atoms with E-state index in [2.05, 4.69) is 0 Å². The fourth-order valence-corrected chi connectivity index (χ4v) is 4.01. The number of methoxy groups -OCH3 is 2. The third-order valence-corrected chi connectivity index (χ3v) is 5.84. The van der Waals surface area contributed by atoms with E-state index in [0.717, 1.165) is 11.1 Å². The molecule has 0 fully saturated rings. The molecule has 0 saturated heterocycles. The van der Waals surface area contributed by atoms with E-state index in [1.165, 1.54) is 12.1 Å². The number of halogens is 4. The van der Waals surface area contributed by atoms with Gasteiger partial charge in [0.1, 0.15) is 29.7 Å². The van der Waals surface area contributed by atoms with E-state index >= 15 is 8.78 Å². The molecule has 0 unspecified atom stereocenters. The lowest BCUT2D eigenvalue weighted by atomic mass is 9.84. The monoisotopic (exact) mass is 505 g/mol. The molecule has 194 valence electrons. The number of hydrogen-bond acceptors (Lipinski definition) is 4. The van der Waals surface area contributed by atoms with Gasteiger partial charge in [-0.1, -0.05) is 38.1 Å². The first-order valence-electron chi connectivity index (χ1n) is 11.5. The number of anilines is 1. The molecular formula is C28H31F4NO3. The SMILES string of the molecule is COc1ccc(CN(Cc2ccc(OC)cc2)c2cc(F)c(C(C)(C)COCC(F)F)c(F)c2)cc1. The first-order chi connectivity index (χ1) is 17.1. The summed E-state index contributed by atoms with van der Waals surface area (Å²) in [6.07, 6.45) is -2.65. The van der Waals surface area contributed by atoms with Crippen LogP contribution >= 0.6 is 0 Å². The lowest BCUT2D eigenvalue weighted by molar-refractivity contribution is 0.00105. The molecule has 0 saturated carbocycles. The van der Waals surface area contributed by atoms with Gasteiger partial charge in [-0.25, -0.2) is 17.6 Å². The lowest BCUT2D eigenvalue weighted by Crippen LogP contribution is -2.29. The van der Waals surface area contributed by atoms with E-state index in [0.29, 0.717) is 30.3 Å². The summed E-state index contributed by atoms with van der Waals surface area (Å²) < 4.78 is 71.0. The van der Waals surface area contributed by atoms with Crippen LogP contribution in [0.2, 0.25) is 0 Å². The third-order valence-electron chi connectivity index (χ3n) is 5.84. The Morgan fingerprint density at radius 1 is 0.778 bits per heavy atom. The van der Waals surface area contributed by atoms with Crippen molar-refractivity contribution >= 4 is 5.69 Å². The highest BCUT2D eigenvalue weighted by atomic mass is 19.3. The summed E-state index contributed by atoms with van der Waals surface area (Å²) in [6.45, 7) is 2.86. The number of alkyl halides is 2. The van der Waals surface area contributed by atoms with Gasteiger partial charge in [0, 0.05) is 29.8 Å². The van der Waals surface area contributed by atoms with Gasteiger partial charge < -0.3 is 19.1 Å². The van der Waals surface area contributed by atoms with E-state index < -0.39 is 30.1 Å². The fraction of sp³-hybridized carbons (Fsp3) is 0.357. The van der Waals surface area contributed by atoms with Crippen LogP contribution in [-0.2, 0) is 23.2 Å². The summed E-state index contributed by atoms with van der Waals surface area (Å²) in [5.74, 6) is -0.105. The van der Waals surface area contributed by atoms with Crippen molar-refractivity contribution in [3.8, 4) is 11.5 Å². The van der Waals surface area contributed by atoms with E-state index in [1.807, 2.05) is 53.4 Å². The molecule has 0 atom stereocenters. The minimum atomic E-state index is -2.65. The van der Waals surface area contributed by atoms with Gasteiger partial charge in [-0.05, 0) is 47.5 Å². The minimum absolute atomic E-state index is 0.200. The molecule has 3 rings (SSSR count). The Morgan fingerprint density at radius 2 is 1.22 bits per heavy atom. The van der Waals surface area contributed by atoms with E-state index in [1.54, 1.807) is 28.1 Å². The van der Waals surface area contributed by atoms with Gasteiger partial charge in [0.05, 0.1) is 20.8 Å². The molecule has 0 aliphatic carbocycles. The summed E-state index contributed by atoms with van der Waals surface area (Å²) in [7, 11) is 3.16. The van der Waals surface area contributed by atoms with Crippen LogP contribution in [0.5, 0.6) is 11.5 Å². The zero-order valence-electron chi connectivity index (χ0n) is 20.9. The average Bonchev–Trinajstić information content (AvgIpc) is 2.83. The average molecular weight is 506 g/mol. The molecule has 0 amide bonds. The smallest absolute Gasteiger partial charge is 0.261 e. The second-order valence-electron chi connectivity index (χ2n) is 9.13. The normalized spacial score (nSPS) is 11.6. The Balaban J connectivity index is 1.92. The van der Waals surface area contributed by atoms with E-state index in [4.69, 9.17) is 14.2 Å². The summed E-state index contributed by atoms with van der Waals surface area (Å²) >= 11 is 0. The van der Waals surface area contributed by atoms with Crippen molar-refractivity contribution in [2.24, 2.45) is 0 Å². The van der Waals surface area contributed by atoms with Crippen LogP contribution < -0.4 is 14.4 Å². The Kier molecular flexibility index (Phi) is 9.20. The Morgan fingerprint density at radius 3 is 1.61 bits per heavy atom. The molecule has 4 nitrogen and oxygen atoms in total.